The monoisotopic (exact) mass is 411 g/mol. The van der Waals surface area contributed by atoms with E-state index in [-0.39, 0.29) is 19.3 Å². The number of benzene rings is 2. The van der Waals surface area contributed by atoms with Crippen LogP contribution < -0.4 is 9.47 Å². The van der Waals surface area contributed by atoms with Crippen LogP contribution in [0, 0.1) is 6.92 Å². The first kappa shape index (κ1) is 19.3. The SMILES string of the molecule is CCN(Cc1ccc2c(c1)OCO2)C(=O)COC(=O)c1sc2ccccc2c1C. The van der Waals surface area contributed by atoms with E-state index >= 15 is 0 Å². The number of thiophene rings is 1. The molecule has 0 unspecified atom stereocenters. The van der Waals surface area contributed by atoms with E-state index < -0.39 is 5.97 Å². The number of carbonyl (C=O) groups is 2. The molecule has 0 aliphatic carbocycles. The minimum atomic E-state index is -0.462. The van der Waals surface area contributed by atoms with Gasteiger partial charge in [0.2, 0.25) is 6.79 Å². The summed E-state index contributed by atoms with van der Waals surface area (Å²) in [6.45, 7) is 4.63. The molecular weight excluding hydrogens is 390 g/mol. The third kappa shape index (κ3) is 3.91. The van der Waals surface area contributed by atoms with Crippen molar-refractivity contribution in [3.63, 3.8) is 0 Å². The molecule has 3 aromatic rings. The van der Waals surface area contributed by atoms with Crippen molar-refractivity contribution >= 4 is 33.3 Å². The van der Waals surface area contributed by atoms with Crippen molar-refractivity contribution in [3.8, 4) is 11.5 Å². The van der Waals surface area contributed by atoms with E-state index in [4.69, 9.17) is 14.2 Å². The summed E-state index contributed by atoms with van der Waals surface area (Å²) in [5.74, 6) is 0.682. The number of fused-ring (bicyclic) bond motifs is 2. The maximum absolute atomic E-state index is 12.6. The van der Waals surface area contributed by atoms with Crippen molar-refractivity contribution in [1.82, 2.24) is 4.90 Å². The van der Waals surface area contributed by atoms with Gasteiger partial charge in [-0.25, -0.2) is 4.79 Å². The average Bonchev–Trinajstić information content (AvgIpc) is 3.34. The smallest absolute Gasteiger partial charge is 0.349 e. The quantitative estimate of drug-likeness (QED) is 0.571. The van der Waals surface area contributed by atoms with Crippen molar-refractivity contribution in [1.29, 1.82) is 0 Å². The Hall–Kier alpha value is -3.06. The summed E-state index contributed by atoms with van der Waals surface area (Å²) in [6.07, 6.45) is 0. The van der Waals surface area contributed by atoms with Crippen LogP contribution in [0.5, 0.6) is 11.5 Å². The van der Waals surface area contributed by atoms with E-state index in [1.807, 2.05) is 56.3 Å². The number of amides is 1. The van der Waals surface area contributed by atoms with Crippen LogP contribution in [0.15, 0.2) is 42.5 Å². The van der Waals surface area contributed by atoms with E-state index in [1.54, 1.807) is 4.90 Å². The molecule has 4 rings (SSSR count). The molecule has 0 N–H and O–H groups in total. The van der Waals surface area contributed by atoms with Crippen LogP contribution in [0.25, 0.3) is 10.1 Å². The van der Waals surface area contributed by atoms with Gasteiger partial charge < -0.3 is 19.1 Å². The van der Waals surface area contributed by atoms with Crippen LogP contribution in [0.3, 0.4) is 0 Å². The van der Waals surface area contributed by atoms with Gasteiger partial charge in [0.15, 0.2) is 18.1 Å². The molecule has 1 amide bonds. The average molecular weight is 411 g/mol. The summed E-state index contributed by atoms with van der Waals surface area (Å²) < 4.78 is 17.1. The molecule has 0 radical (unpaired) electrons. The zero-order valence-electron chi connectivity index (χ0n) is 16.3. The van der Waals surface area contributed by atoms with Crippen LogP contribution >= 0.6 is 11.3 Å². The minimum Gasteiger partial charge on any atom is -0.454 e. The van der Waals surface area contributed by atoms with Gasteiger partial charge in [0, 0.05) is 17.8 Å². The maximum atomic E-state index is 12.6. The maximum Gasteiger partial charge on any atom is 0.349 e. The molecule has 0 saturated heterocycles. The normalized spacial score (nSPS) is 12.2. The first-order valence-corrected chi connectivity index (χ1v) is 10.2. The second-order valence-electron chi connectivity index (χ2n) is 6.72. The molecule has 7 heteroatoms. The summed E-state index contributed by atoms with van der Waals surface area (Å²) in [4.78, 5) is 27.3. The Kier molecular flexibility index (Phi) is 5.40. The van der Waals surface area contributed by atoms with Gasteiger partial charge in [-0.3, -0.25) is 4.79 Å². The predicted molar refractivity (Wildman–Crippen MR) is 111 cm³/mol. The molecule has 2 aromatic carbocycles. The van der Waals surface area contributed by atoms with Crippen molar-refractivity contribution in [2.45, 2.75) is 20.4 Å². The Morgan fingerprint density at radius 3 is 2.72 bits per heavy atom. The summed E-state index contributed by atoms with van der Waals surface area (Å²) in [5, 5.41) is 1.04. The van der Waals surface area contributed by atoms with Gasteiger partial charge in [0.25, 0.3) is 5.91 Å². The number of rotatable bonds is 6. The Balaban J connectivity index is 1.39. The predicted octanol–water partition coefficient (Wildman–Crippen LogP) is 4.14. The number of esters is 1. The second kappa shape index (κ2) is 8.13. The molecule has 0 spiro atoms. The fraction of sp³-hybridized carbons (Fsp3) is 0.273. The highest BCUT2D eigenvalue weighted by atomic mass is 32.1. The molecule has 0 saturated carbocycles. The standard InChI is InChI=1S/C22H21NO5S/c1-3-23(11-15-8-9-17-18(10-15)28-13-27-17)20(24)12-26-22(25)21-14(2)16-6-4-5-7-19(16)29-21/h4-10H,3,11-13H2,1-2H3. The Morgan fingerprint density at radius 2 is 1.93 bits per heavy atom. The van der Waals surface area contributed by atoms with Crippen LogP contribution in [-0.4, -0.2) is 36.7 Å². The van der Waals surface area contributed by atoms with E-state index in [9.17, 15) is 9.59 Å². The fourth-order valence-corrected chi connectivity index (χ4v) is 4.39. The van der Waals surface area contributed by atoms with E-state index in [1.165, 1.54) is 11.3 Å². The van der Waals surface area contributed by atoms with Gasteiger partial charge >= 0.3 is 5.97 Å². The number of aryl methyl sites for hydroxylation is 1. The Labute approximate surface area is 172 Å². The Bertz CT molecular complexity index is 1070. The highest BCUT2D eigenvalue weighted by molar-refractivity contribution is 7.21. The summed E-state index contributed by atoms with van der Waals surface area (Å²) in [5.41, 5.74) is 1.81. The van der Waals surface area contributed by atoms with Crippen molar-refractivity contribution in [2.75, 3.05) is 19.9 Å². The lowest BCUT2D eigenvalue weighted by Gasteiger charge is -2.21. The number of ether oxygens (including phenoxy) is 3. The molecular formula is C22H21NO5S. The number of hydrogen-bond acceptors (Lipinski definition) is 6. The van der Waals surface area contributed by atoms with E-state index in [2.05, 4.69) is 0 Å². The molecule has 1 aliphatic rings. The molecule has 1 aromatic heterocycles. The van der Waals surface area contributed by atoms with Crippen LogP contribution in [0.2, 0.25) is 0 Å². The molecule has 2 heterocycles. The third-order valence-corrected chi connectivity index (χ3v) is 6.15. The van der Waals surface area contributed by atoms with E-state index in [0.29, 0.717) is 29.5 Å². The number of likely N-dealkylation sites (N-methyl/N-ethyl adjacent to an activating group) is 1. The Morgan fingerprint density at radius 1 is 1.14 bits per heavy atom. The summed E-state index contributed by atoms with van der Waals surface area (Å²) in [7, 11) is 0. The highest BCUT2D eigenvalue weighted by Crippen LogP contribution is 2.33. The van der Waals surface area contributed by atoms with Gasteiger partial charge in [-0.2, -0.15) is 0 Å². The fourth-order valence-electron chi connectivity index (χ4n) is 3.29. The van der Waals surface area contributed by atoms with Crippen LogP contribution in [0.4, 0.5) is 0 Å². The molecule has 150 valence electrons. The highest BCUT2D eigenvalue weighted by Gasteiger charge is 2.20. The van der Waals surface area contributed by atoms with Crippen molar-refractivity contribution in [3.05, 3.63) is 58.5 Å². The van der Waals surface area contributed by atoms with Gasteiger partial charge in [0.05, 0.1) is 0 Å². The summed E-state index contributed by atoms with van der Waals surface area (Å²) in [6, 6.07) is 13.4. The van der Waals surface area contributed by atoms with Crippen LogP contribution in [-0.2, 0) is 16.1 Å². The third-order valence-electron chi connectivity index (χ3n) is 4.90. The van der Waals surface area contributed by atoms with Crippen molar-refractivity contribution < 1.29 is 23.8 Å². The van der Waals surface area contributed by atoms with Gasteiger partial charge in [0.1, 0.15) is 4.88 Å². The lowest BCUT2D eigenvalue weighted by molar-refractivity contribution is -0.134. The zero-order chi connectivity index (χ0) is 20.4. The second-order valence-corrected chi connectivity index (χ2v) is 7.78. The minimum absolute atomic E-state index is 0.211. The van der Waals surface area contributed by atoms with Gasteiger partial charge in [-0.15, -0.1) is 11.3 Å². The number of nitrogens with zero attached hydrogens (tertiary/aromatic N) is 1. The molecule has 1 aliphatic heterocycles. The first-order valence-electron chi connectivity index (χ1n) is 9.38. The topological polar surface area (TPSA) is 65.1 Å². The molecule has 6 nitrogen and oxygen atoms in total. The lowest BCUT2D eigenvalue weighted by Crippen LogP contribution is -2.34. The number of carbonyl (C=O) groups excluding carboxylic acids is 2. The largest absolute Gasteiger partial charge is 0.454 e. The molecule has 0 atom stereocenters. The van der Waals surface area contributed by atoms with Gasteiger partial charge in [-0.1, -0.05) is 24.3 Å². The lowest BCUT2D eigenvalue weighted by atomic mass is 10.1. The molecule has 0 fully saturated rings. The first-order chi connectivity index (χ1) is 14.1. The zero-order valence-corrected chi connectivity index (χ0v) is 17.1. The molecule has 0 bridgehead atoms. The molecule has 29 heavy (non-hydrogen) atoms. The summed E-state index contributed by atoms with van der Waals surface area (Å²) >= 11 is 1.39. The number of hydrogen-bond donors (Lipinski definition) is 0. The van der Waals surface area contributed by atoms with Crippen LogP contribution in [0.1, 0.15) is 27.7 Å². The van der Waals surface area contributed by atoms with Gasteiger partial charge in [-0.05, 0) is 48.6 Å². The van der Waals surface area contributed by atoms with E-state index in [0.717, 1.165) is 21.2 Å². The van der Waals surface area contributed by atoms with Crippen molar-refractivity contribution in [2.24, 2.45) is 0 Å².